The van der Waals surface area contributed by atoms with E-state index in [1.54, 1.807) is 12.1 Å². The second kappa shape index (κ2) is 10.4. The Morgan fingerprint density at radius 2 is 1.65 bits per heavy atom. The van der Waals surface area contributed by atoms with Gasteiger partial charge in [-0.05, 0) is 43.7 Å². The van der Waals surface area contributed by atoms with Gasteiger partial charge in [-0.2, -0.15) is 0 Å². The minimum absolute atomic E-state index is 0.291. The number of carbonyl (C=O) groups is 3. The number of hydrogen-bond acceptors (Lipinski definition) is 7. The maximum atomic E-state index is 12.2. The predicted octanol–water partition coefficient (Wildman–Crippen LogP) is 2.17. The number of nitrogens with zero attached hydrogens (tertiary/aromatic N) is 2. The summed E-state index contributed by atoms with van der Waals surface area (Å²) in [6.45, 7) is 3.57. The molecule has 3 N–H and O–H groups in total. The molecule has 31 heavy (non-hydrogen) atoms. The molecule has 0 spiro atoms. The molecule has 0 radical (unpaired) electrons. The molecule has 0 atom stereocenters. The average molecular weight is 439 g/mol. The van der Waals surface area contributed by atoms with Crippen molar-refractivity contribution in [1.82, 2.24) is 26.1 Å². The summed E-state index contributed by atoms with van der Waals surface area (Å²) in [5.41, 5.74) is 8.11. The summed E-state index contributed by atoms with van der Waals surface area (Å²) in [5, 5.41) is 3.13. The van der Waals surface area contributed by atoms with E-state index >= 15 is 0 Å². The molecule has 3 amide bonds. The summed E-state index contributed by atoms with van der Waals surface area (Å²) in [6, 6.07) is 10.4. The Balaban J connectivity index is 1.43. The summed E-state index contributed by atoms with van der Waals surface area (Å²) in [7, 11) is 0. The molecule has 0 aliphatic rings. The number of hydrazine groups is 1. The van der Waals surface area contributed by atoms with Gasteiger partial charge in [0, 0.05) is 22.7 Å². The first kappa shape index (κ1) is 22.0. The zero-order valence-corrected chi connectivity index (χ0v) is 17.8. The Bertz CT molecular complexity index is 1050. The SMILES string of the molecule is Cc1cc(C)nc(SCc2ccc(C(=O)NNC(=O)CNC(=O)c3ccoc3)cc2)n1. The van der Waals surface area contributed by atoms with Crippen LogP contribution in [-0.2, 0) is 10.5 Å². The van der Waals surface area contributed by atoms with Gasteiger partial charge in [-0.15, -0.1) is 0 Å². The van der Waals surface area contributed by atoms with Crippen LogP contribution in [-0.4, -0.2) is 34.2 Å². The Morgan fingerprint density at radius 3 is 2.29 bits per heavy atom. The second-order valence-electron chi connectivity index (χ2n) is 6.62. The zero-order valence-electron chi connectivity index (χ0n) is 17.0. The standard InChI is InChI=1S/C21H21N5O4S/c1-13-9-14(2)24-21(23-13)31-12-15-3-5-16(6-4-15)20(29)26-25-18(27)10-22-19(28)17-7-8-30-11-17/h3-9,11H,10,12H2,1-2H3,(H,22,28)(H,25,27)(H,26,29). The molecule has 0 saturated carbocycles. The quantitative estimate of drug-likeness (QED) is 0.293. The van der Waals surface area contributed by atoms with Crippen molar-refractivity contribution < 1.29 is 18.8 Å². The van der Waals surface area contributed by atoms with Gasteiger partial charge >= 0.3 is 0 Å². The molecule has 0 aliphatic carbocycles. The summed E-state index contributed by atoms with van der Waals surface area (Å²) in [5.74, 6) is -0.814. The van der Waals surface area contributed by atoms with E-state index in [0.717, 1.165) is 17.0 Å². The fourth-order valence-electron chi connectivity index (χ4n) is 2.56. The molecular weight excluding hydrogens is 418 g/mol. The van der Waals surface area contributed by atoms with Crippen LogP contribution in [0.1, 0.15) is 37.7 Å². The van der Waals surface area contributed by atoms with Crippen LogP contribution in [0, 0.1) is 13.8 Å². The fourth-order valence-corrected chi connectivity index (χ4v) is 3.46. The number of nitrogens with one attached hydrogen (secondary N) is 3. The highest BCUT2D eigenvalue weighted by molar-refractivity contribution is 7.98. The first-order chi connectivity index (χ1) is 14.9. The van der Waals surface area contributed by atoms with E-state index in [-0.39, 0.29) is 6.54 Å². The monoisotopic (exact) mass is 439 g/mol. The number of benzene rings is 1. The van der Waals surface area contributed by atoms with E-state index in [1.165, 1.54) is 30.4 Å². The van der Waals surface area contributed by atoms with Crippen molar-refractivity contribution in [3.05, 3.63) is 77.0 Å². The van der Waals surface area contributed by atoms with E-state index < -0.39 is 17.7 Å². The van der Waals surface area contributed by atoms with Crippen LogP contribution in [0.4, 0.5) is 0 Å². The van der Waals surface area contributed by atoms with Crippen molar-refractivity contribution in [2.24, 2.45) is 0 Å². The van der Waals surface area contributed by atoms with Gasteiger partial charge in [0.25, 0.3) is 17.7 Å². The number of amides is 3. The van der Waals surface area contributed by atoms with Gasteiger partial charge in [0.15, 0.2) is 5.16 Å². The van der Waals surface area contributed by atoms with Crippen molar-refractivity contribution in [2.75, 3.05) is 6.54 Å². The summed E-state index contributed by atoms with van der Waals surface area (Å²) in [6.07, 6.45) is 2.63. The van der Waals surface area contributed by atoms with Crippen molar-refractivity contribution in [3.63, 3.8) is 0 Å². The van der Waals surface area contributed by atoms with Crippen LogP contribution in [0.2, 0.25) is 0 Å². The number of furan rings is 1. The second-order valence-corrected chi connectivity index (χ2v) is 7.56. The minimum atomic E-state index is -0.563. The van der Waals surface area contributed by atoms with Gasteiger partial charge < -0.3 is 9.73 Å². The van der Waals surface area contributed by atoms with Crippen LogP contribution in [0.3, 0.4) is 0 Å². The van der Waals surface area contributed by atoms with Gasteiger partial charge in [-0.1, -0.05) is 23.9 Å². The van der Waals surface area contributed by atoms with Crippen molar-refractivity contribution in [2.45, 2.75) is 24.8 Å². The van der Waals surface area contributed by atoms with Gasteiger partial charge in [0.2, 0.25) is 0 Å². The highest BCUT2D eigenvalue weighted by Crippen LogP contribution is 2.20. The van der Waals surface area contributed by atoms with Gasteiger partial charge in [0.05, 0.1) is 18.4 Å². The van der Waals surface area contributed by atoms with Crippen LogP contribution in [0.15, 0.2) is 58.5 Å². The molecule has 3 rings (SSSR count). The Morgan fingerprint density at radius 1 is 0.935 bits per heavy atom. The maximum absolute atomic E-state index is 12.2. The lowest BCUT2D eigenvalue weighted by atomic mass is 10.1. The predicted molar refractivity (Wildman–Crippen MR) is 114 cm³/mol. The lowest BCUT2D eigenvalue weighted by Crippen LogP contribution is -2.46. The van der Waals surface area contributed by atoms with Crippen LogP contribution in [0.5, 0.6) is 0 Å². The molecule has 0 saturated heterocycles. The third-order valence-electron chi connectivity index (χ3n) is 4.05. The lowest BCUT2D eigenvalue weighted by molar-refractivity contribution is -0.120. The van der Waals surface area contributed by atoms with Crippen molar-refractivity contribution in [3.8, 4) is 0 Å². The first-order valence-electron chi connectivity index (χ1n) is 9.34. The van der Waals surface area contributed by atoms with Gasteiger partial charge in [0.1, 0.15) is 6.26 Å². The third kappa shape index (κ3) is 6.68. The fraction of sp³-hybridized carbons (Fsp3) is 0.190. The Kier molecular flexibility index (Phi) is 7.39. The smallest absolute Gasteiger partial charge is 0.269 e. The largest absolute Gasteiger partial charge is 0.472 e. The Hall–Kier alpha value is -3.66. The Labute approximate surface area is 183 Å². The van der Waals surface area contributed by atoms with E-state index in [9.17, 15) is 14.4 Å². The van der Waals surface area contributed by atoms with Crippen molar-refractivity contribution in [1.29, 1.82) is 0 Å². The number of hydrogen-bond donors (Lipinski definition) is 3. The molecule has 0 unspecified atom stereocenters. The molecule has 2 heterocycles. The molecule has 2 aromatic heterocycles. The summed E-state index contributed by atoms with van der Waals surface area (Å²) >= 11 is 1.52. The molecule has 1 aromatic carbocycles. The summed E-state index contributed by atoms with van der Waals surface area (Å²) in [4.78, 5) is 44.5. The van der Waals surface area contributed by atoms with E-state index in [2.05, 4.69) is 26.1 Å². The van der Waals surface area contributed by atoms with Gasteiger partial charge in [-0.25, -0.2) is 9.97 Å². The highest BCUT2D eigenvalue weighted by Gasteiger charge is 2.11. The molecular formula is C21H21N5O4S. The maximum Gasteiger partial charge on any atom is 0.269 e. The minimum Gasteiger partial charge on any atom is -0.472 e. The molecule has 160 valence electrons. The number of aryl methyl sites for hydroxylation is 2. The van der Waals surface area contributed by atoms with E-state index in [4.69, 9.17) is 4.42 Å². The zero-order chi connectivity index (χ0) is 22.2. The normalized spacial score (nSPS) is 10.4. The molecule has 0 bridgehead atoms. The van der Waals surface area contributed by atoms with Crippen molar-refractivity contribution >= 4 is 29.5 Å². The molecule has 3 aromatic rings. The molecule has 0 fully saturated rings. The third-order valence-corrected chi connectivity index (χ3v) is 4.97. The number of carbonyl (C=O) groups excluding carboxylic acids is 3. The van der Waals surface area contributed by atoms with Gasteiger partial charge in [-0.3, -0.25) is 25.2 Å². The molecule has 9 nitrogen and oxygen atoms in total. The topological polar surface area (TPSA) is 126 Å². The first-order valence-corrected chi connectivity index (χ1v) is 10.3. The number of aromatic nitrogens is 2. The molecule has 0 aliphatic heterocycles. The van der Waals surface area contributed by atoms with E-state index in [0.29, 0.717) is 22.0 Å². The molecule has 10 heteroatoms. The van der Waals surface area contributed by atoms with Crippen LogP contribution >= 0.6 is 11.8 Å². The lowest BCUT2D eigenvalue weighted by Gasteiger charge is -2.09. The van der Waals surface area contributed by atoms with Crippen LogP contribution < -0.4 is 16.2 Å². The number of rotatable bonds is 7. The van der Waals surface area contributed by atoms with Crippen LogP contribution in [0.25, 0.3) is 0 Å². The highest BCUT2D eigenvalue weighted by atomic mass is 32.2. The number of thioether (sulfide) groups is 1. The van der Waals surface area contributed by atoms with E-state index in [1.807, 2.05) is 32.0 Å². The summed E-state index contributed by atoms with van der Waals surface area (Å²) < 4.78 is 4.80. The average Bonchev–Trinajstić information content (AvgIpc) is 3.29.